The van der Waals surface area contributed by atoms with E-state index in [0.717, 1.165) is 5.56 Å². The van der Waals surface area contributed by atoms with Crippen LogP contribution in [0.3, 0.4) is 0 Å². The van der Waals surface area contributed by atoms with E-state index in [2.05, 4.69) is 10.6 Å². The number of aliphatic hydroxyl groups excluding tert-OH is 2. The number of para-hydroxylation sites is 1. The Morgan fingerprint density at radius 2 is 1.70 bits per heavy atom. The first-order valence-electron chi connectivity index (χ1n) is 8.64. The monoisotopic (exact) mass is 372 g/mol. The smallest absolute Gasteiger partial charge is 0.407 e. The number of benzene rings is 2. The predicted molar refractivity (Wildman–Crippen MR) is 101 cm³/mol. The van der Waals surface area contributed by atoms with Gasteiger partial charge in [-0.3, -0.25) is 4.79 Å². The minimum Gasteiger partial charge on any atom is -0.445 e. The van der Waals surface area contributed by atoms with Crippen LogP contribution in [0.2, 0.25) is 0 Å². The molecule has 7 heteroatoms. The van der Waals surface area contributed by atoms with Crippen molar-refractivity contribution >= 4 is 17.7 Å². The quantitative estimate of drug-likeness (QED) is 0.569. The lowest BCUT2D eigenvalue weighted by molar-refractivity contribution is -0.114. The largest absolute Gasteiger partial charge is 0.445 e. The maximum atomic E-state index is 11.7. The molecule has 2 unspecified atom stereocenters. The van der Waals surface area contributed by atoms with E-state index in [1.807, 2.05) is 30.3 Å². The average Bonchev–Trinajstić information content (AvgIpc) is 2.66. The van der Waals surface area contributed by atoms with Gasteiger partial charge >= 0.3 is 6.09 Å². The molecule has 0 saturated heterocycles. The maximum absolute atomic E-state index is 11.7. The fraction of sp³-hybridized carbons (Fsp3) is 0.300. The topological polar surface area (TPSA) is 108 Å². The normalized spacial score (nSPS) is 12.7. The molecule has 0 radical (unpaired) electrons. The minimum absolute atomic E-state index is 0.121. The number of carbonyl (C=O) groups excluding carboxylic acids is 2. The molecule has 0 aromatic heterocycles. The van der Waals surface area contributed by atoms with Gasteiger partial charge in [0.2, 0.25) is 5.91 Å². The number of rotatable bonds is 8. The second kappa shape index (κ2) is 10.3. The number of carbonyl (C=O) groups is 2. The number of alkyl carbamates (subject to hydrolysis) is 1. The number of anilines is 1. The molecule has 2 atom stereocenters. The van der Waals surface area contributed by atoms with Crippen LogP contribution in [-0.2, 0) is 16.1 Å². The fourth-order valence-electron chi connectivity index (χ4n) is 2.52. The molecule has 27 heavy (non-hydrogen) atoms. The molecule has 0 heterocycles. The molecule has 2 rings (SSSR count). The fourth-order valence-corrected chi connectivity index (χ4v) is 2.52. The molecule has 4 N–H and O–H groups in total. The second-order valence-corrected chi connectivity index (χ2v) is 6.06. The Morgan fingerprint density at radius 1 is 1.04 bits per heavy atom. The third-order valence-corrected chi connectivity index (χ3v) is 3.88. The van der Waals surface area contributed by atoms with Gasteiger partial charge in [-0.15, -0.1) is 0 Å². The highest BCUT2D eigenvalue weighted by molar-refractivity contribution is 5.89. The van der Waals surface area contributed by atoms with E-state index in [4.69, 9.17) is 4.74 Å². The third-order valence-electron chi connectivity index (χ3n) is 3.88. The lowest BCUT2D eigenvalue weighted by Crippen LogP contribution is -2.30. The molecule has 0 saturated carbocycles. The van der Waals surface area contributed by atoms with Gasteiger partial charge in [-0.25, -0.2) is 4.79 Å². The Labute approximate surface area is 158 Å². The zero-order valence-corrected chi connectivity index (χ0v) is 15.1. The van der Waals surface area contributed by atoms with Crippen LogP contribution in [0.25, 0.3) is 0 Å². The van der Waals surface area contributed by atoms with Gasteiger partial charge in [-0.2, -0.15) is 0 Å². The standard InChI is InChI=1S/C20H24N2O5/c1-14(23)22-17-10-6-5-9-16(17)19(25)18(24)11-12-21-20(26)27-13-15-7-3-2-4-8-15/h2-10,18-19,24-25H,11-13H2,1H3,(H,21,26)(H,22,23). The van der Waals surface area contributed by atoms with Gasteiger partial charge in [-0.05, 0) is 18.1 Å². The highest BCUT2D eigenvalue weighted by Crippen LogP contribution is 2.26. The summed E-state index contributed by atoms with van der Waals surface area (Å²) in [5.41, 5.74) is 1.72. The number of amides is 2. The Bertz CT molecular complexity index is 751. The number of nitrogens with one attached hydrogen (secondary N) is 2. The minimum atomic E-state index is -1.20. The van der Waals surface area contributed by atoms with Gasteiger partial charge < -0.3 is 25.6 Å². The summed E-state index contributed by atoms with van der Waals surface area (Å²) in [6.07, 6.45) is -2.79. The van der Waals surface area contributed by atoms with E-state index < -0.39 is 18.3 Å². The van der Waals surface area contributed by atoms with Gasteiger partial charge in [-0.1, -0.05) is 48.5 Å². The van der Waals surface area contributed by atoms with Crippen LogP contribution >= 0.6 is 0 Å². The number of hydrogen-bond acceptors (Lipinski definition) is 5. The Morgan fingerprint density at radius 3 is 2.41 bits per heavy atom. The van der Waals surface area contributed by atoms with E-state index in [1.165, 1.54) is 6.92 Å². The summed E-state index contributed by atoms with van der Waals surface area (Å²) in [5, 5.41) is 25.7. The van der Waals surface area contributed by atoms with Gasteiger partial charge in [0.25, 0.3) is 0 Å². The van der Waals surface area contributed by atoms with Crippen LogP contribution in [0, 0.1) is 0 Å². The third kappa shape index (κ3) is 6.73. The van der Waals surface area contributed by atoms with Gasteiger partial charge in [0.15, 0.2) is 0 Å². The summed E-state index contributed by atoms with van der Waals surface area (Å²) >= 11 is 0. The van der Waals surface area contributed by atoms with Crippen LogP contribution in [0.1, 0.15) is 30.6 Å². The molecule has 0 aliphatic rings. The zero-order valence-electron chi connectivity index (χ0n) is 15.1. The van der Waals surface area contributed by atoms with E-state index in [9.17, 15) is 19.8 Å². The maximum Gasteiger partial charge on any atom is 0.407 e. The summed E-state index contributed by atoms with van der Waals surface area (Å²) in [7, 11) is 0. The van der Waals surface area contributed by atoms with E-state index in [0.29, 0.717) is 11.3 Å². The molecule has 144 valence electrons. The Balaban J connectivity index is 1.79. The van der Waals surface area contributed by atoms with Crippen LogP contribution in [0.15, 0.2) is 54.6 Å². The summed E-state index contributed by atoms with van der Waals surface area (Å²) in [5.74, 6) is -0.271. The van der Waals surface area contributed by atoms with E-state index in [1.54, 1.807) is 24.3 Å². The highest BCUT2D eigenvalue weighted by atomic mass is 16.5. The van der Waals surface area contributed by atoms with E-state index >= 15 is 0 Å². The summed E-state index contributed by atoms with van der Waals surface area (Å²) < 4.78 is 5.08. The molecular formula is C20H24N2O5. The summed E-state index contributed by atoms with van der Waals surface area (Å²) in [4.78, 5) is 22.9. The first-order chi connectivity index (χ1) is 13.0. The lowest BCUT2D eigenvalue weighted by Gasteiger charge is -2.21. The summed E-state index contributed by atoms with van der Waals surface area (Å²) in [6.45, 7) is 1.65. The van der Waals surface area contributed by atoms with Gasteiger partial charge in [0.05, 0.1) is 6.10 Å². The van der Waals surface area contributed by atoms with Crippen molar-refractivity contribution in [2.45, 2.75) is 32.2 Å². The molecule has 0 bridgehead atoms. The van der Waals surface area contributed by atoms with Crippen molar-refractivity contribution in [3.05, 3.63) is 65.7 Å². The molecule has 2 aromatic rings. The van der Waals surface area contributed by atoms with Crippen molar-refractivity contribution in [1.29, 1.82) is 0 Å². The van der Waals surface area contributed by atoms with Crippen molar-refractivity contribution in [3.63, 3.8) is 0 Å². The van der Waals surface area contributed by atoms with Gasteiger partial charge in [0, 0.05) is 24.7 Å². The first-order valence-corrected chi connectivity index (χ1v) is 8.64. The average molecular weight is 372 g/mol. The Kier molecular flexibility index (Phi) is 7.79. The van der Waals surface area contributed by atoms with Crippen molar-refractivity contribution in [2.24, 2.45) is 0 Å². The Hall–Kier alpha value is -2.90. The van der Waals surface area contributed by atoms with Crippen molar-refractivity contribution in [2.75, 3.05) is 11.9 Å². The van der Waals surface area contributed by atoms with Crippen molar-refractivity contribution < 1.29 is 24.5 Å². The molecule has 7 nitrogen and oxygen atoms in total. The van der Waals surface area contributed by atoms with Crippen molar-refractivity contribution in [3.8, 4) is 0 Å². The molecule has 0 aliphatic carbocycles. The van der Waals surface area contributed by atoms with Gasteiger partial charge in [0.1, 0.15) is 12.7 Å². The van der Waals surface area contributed by atoms with Crippen molar-refractivity contribution in [1.82, 2.24) is 5.32 Å². The lowest BCUT2D eigenvalue weighted by atomic mass is 10.00. The summed E-state index contributed by atoms with van der Waals surface area (Å²) in [6, 6.07) is 16.0. The van der Waals surface area contributed by atoms with Crippen LogP contribution < -0.4 is 10.6 Å². The molecular weight excluding hydrogens is 348 g/mol. The molecule has 2 amide bonds. The SMILES string of the molecule is CC(=O)Nc1ccccc1C(O)C(O)CCNC(=O)OCc1ccccc1. The highest BCUT2D eigenvalue weighted by Gasteiger charge is 2.21. The number of aliphatic hydroxyl groups is 2. The van der Waals surface area contributed by atoms with E-state index in [-0.39, 0.29) is 25.5 Å². The zero-order chi connectivity index (χ0) is 19.6. The molecule has 2 aromatic carbocycles. The molecule has 0 aliphatic heterocycles. The molecule has 0 fully saturated rings. The van der Waals surface area contributed by atoms with Crippen LogP contribution in [0.5, 0.6) is 0 Å². The van der Waals surface area contributed by atoms with Crippen LogP contribution in [-0.4, -0.2) is 34.9 Å². The first kappa shape index (κ1) is 20.4. The second-order valence-electron chi connectivity index (χ2n) is 6.06. The van der Waals surface area contributed by atoms with Crippen LogP contribution in [0.4, 0.5) is 10.5 Å². The number of hydrogen-bond donors (Lipinski definition) is 4. The predicted octanol–water partition coefficient (Wildman–Crippen LogP) is 2.36. The molecule has 0 spiro atoms. The number of ether oxygens (including phenoxy) is 1.